The molecule has 0 bridgehead atoms. The van der Waals surface area contributed by atoms with Gasteiger partial charge < -0.3 is 24.4 Å². The summed E-state index contributed by atoms with van der Waals surface area (Å²) in [4.78, 5) is 10.6. The number of aliphatic hydroxyl groups is 1. The molecule has 2 N–H and O–H groups in total. The van der Waals surface area contributed by atoms with Crippen molar-refractivity contribution in [1.82, 2.24) is 0 Å². The number of hydrogen-bond acceptors (Lipinski definition) is 5. The van der Waals surface area contributed by atoms with Crippen LogP contribution in [0.2, 0.25) is 0 Å². The highest BCUT2D eigenvalue weighted by atomic mass is 16.7. The molecule has 0 amide bonds. The Morgan fingerprint density at radius 3 is 2.71 bits per heavy atom. The van der Waals surface area contributed by atoms with E-state index in [9.17, 15) is 9.90 Å². The standard InChI is InChI=1S/C11H12O6/c1-15-8-4-10-9(16-5-17-10)2-6(8)7(12)3-11(13)14/h2,4,7,12H,3,5H2,1H3,(H,13,14)/t7-/m0/s1. The normalized spacial score (nSPS) is 14.5. The van der Waals surface area contributed by atoms with Crippen LogP contribution in [0.5, 0.6) is 17.2 Å². The number of methoxy groups -OCH3 is 1. The third-order valence-electron chi connectivity index (χ3n) is 2.45. The summed E-state index contributed by atoms with van der Waals surface area (Å²) >= 11 is 0. The second kappa shape index (κ2) is 4.50. The number of carboxylic acid groups (broad SMARTS) is 1. The van der Waals surface area contributed by atoms with Gasteiger partial charge in [0, 0.05) is 11.6 Å². The van der Waals surface area contributed by atoms with Crippen molar-refractivity contribution in [2.45, 2.75) is 12.5 Å². The maximum absolute atomic E-state index is 10.6. The minimum atomic E-state index is -1.14. The average Bonchev–Trinajstić information content (AvgIpc) is 2.73. The number of hydrogen-bond donors (Lipinski definition) is 2. The second-order valence-corrected chi connectivity index (χ2v) is 3.56. The molecule has 1 aliphatic heterocycles. The van der Waals surface area contributed by atoms with Crippen molar-refractivity contribution in [2.24, 2.45) is 0 Å². The highest BCUT2D eigenvalue weighted by Gasteiger charge is 2.23. The van der Waals surface area contributed by atoms with E-state index in [0.717, 1.165) is 0 Å². The van der Waals surface area contributed by atoms with Gasteiger partial charge in [0.05, 0.1) is 19.6 Å². The number of aliphatic carboxylic acids is 1. The van der Waals surface area contributed by atoms with Gasteiger partial charge in [0.2, 0.25) is 6.79 Å². The number of aliphatic hydroxyl groups excluding tert-OH is 1. The minimum Gasteiger partial charge on any atom is -0.496 e. The van der Waals surface area contributed by atoms with Gasteiger partial charge in [-0.2, -0.15) is 0 Å². The molecule has 0 aliphatic carbocycles. The van der Waals surface area contributed by atoms with Crippen molar-refractivity contribution in [3.8, 4) is 17.2 Å². The first kappa shape index (κ1) is 11.5. The van der Waals surface area contributed by atoms with Crippen LogP contribution in [0.1, 0.15) is 18.1 Å². The molecule has 0 saturated heterocycles. The van der Waals surface area contributed by atoms with Gasteiger partial charge >= 0.3 is 5.97 Å². The number of rotatable bonds is 4. The molecule has 0 radical (unpaired) electrons. The van der Waals surface area contributed by atoms with Gasteiger partial charge in [0.15, 0.2) is 11.5 Å². The highest BCUT2D eigenvalue weighted by molar-refractivity contribution is 5.68. The first-order valence-corrected chi connectivity index (χ1v) is 4.99. The number of benzene rings is 1. The molecular weight excluding hydrogens is 228 g/mol. The Labute approximate surface area is 97.3 Å². The summed E-state index contributed by atoms with van der Waals surface area (Å²) in [7, 11) is 1.44. The van der Waals surface area contributed by atoms with Crippen LogP contribution in [0.3, 0.4) is 0 Å². The Bertz CT molecular complexity index is 442. The molecule has 92 valence electrons. The molecule has 6 heteroatoms. The molecule has 0 unspecified atom stereocenters. The van der Waals surface area contributed by atoms with Crippen LogP contribution in [-0.4, -0.2) is 30.1 Å². The van der Waals surface area contributed by atoms with Crippen molar-refractivity contribution in [3.63, 3.8) is 0 Å². The molecule has 1 aromatic rings. The predicted molar refractivity (Wildman–Crippen MR) is 56.3 cm³/mol. The first-order valence-electron chi connectivity index (χ1n) is 4.99. The fourth-order valence-electron chi connectivity index (χ4n) is 1.65. The molecule has 0 fully saturated rings. The van der Waals surface area contributed by atoms with Crippen molar-refractivity contribution < 1.29 is 29.2 Å². The van der Waals surface area contributed by atoms with Crippen LogP contribution in [0, 0.1) is 0 Å². The molecule has 17 heavy (non-hydrogen) atoms. The molecule has 1 atom stereocenters. The van der Waals surface area contributed by atoms with Crippen LogP contribution >= 0.6 is 0 Å². The molecule has 1 aromatic carbocycles. The van der Waals surface area contributed by atoms with Crippen LogP contribution in [0.4, 0.5) is 0 Å². The molecule has 6 nitrogen and oxygen atoms in total. The van der Waals surface area contributed by atoms with Crippen LogP contribution in [0.25, 0.3) is 0 Å². The van der Waals surface area contributed by atoms with E-state index in [1.807, 2.05) is 0 Å². The summed E-state index contributed by atoms with van der Waals surface area (Å²) in [5, 5.41) is 18.4. The monoisotopic (exact) mass is 240 g/mol. The maximum Gasteiger partial charge on any atom is 0.306 e. The molecule has 1 heterocycles. The molecule has 0 spiro atoms. The van der Waals surface area contributed by atoms with E-state index >= 15 is 0 Å². The van der Waals surface area contributed by atoms with Crippen molar-refractivity contribution in [3.05, 3.63) is 17.7 Å². The minimum absolute atomic E-state index is 0.108. The lowest BCUT2D eigenvalue weighted by Crippen LogP contribution is -2.07. The molecule has 2 rings (SSSR count). The Morgan fingerprint density at radius 2 is 2.12 bits per heavy atom. The lowest BCUT2D eigenvalue weighted by molar-refractivity contribution is -0.139. The summed E-state index contributed by atoms with van der Waals surface area (Å²) in [5.74, 6) is 0.290. The van der Waals surface area contributed by atoms with Gasteiger partial charge in [-0.15, -0.1) is 0 Å². The lowest BCUT2D eigenvalue weighted by Gasteiger charge is -2.13. The Morgan fingerprint density at radius 1 is 1.47 bits per heavy atom. The Kier molecular flexibility index (Phi) is 3.06. The quantitative estimate of drug-likeness (QED) is 0.814. The third kappa shape index (κ3) is 2.26. The maximum atomic E-state index is 10.6. The number of carbonyl (C=O) groups is 1. The zero-order valence-corrected chi connectivity index (χ0v) is 9.17. The van der Waals surface area contributed by atoms with E-state index in [0.29, 0.717) is 22.8 Å². The fourth-order valence-corrected chi connectivity index (χ4v) is 1.65. The molecular formula is C11H12O6. The van der Waals surface area contributed by atoms with Crippen molar-refractivity contribution in [2.75, 3.05) is 13.9 Å². The second-order valence-electron chi connectivity index (χ2n) is 3.56. The van der Waals surface area contributed by atoms with Crippen LogP contribution in [-0.2, 0) is 4.79 Å². The zero-order chi connectivity index (χ0) is 12.4. The highest BCUT2D eigenvalue weighted by Crippen LogP contribution is 2.40. The van der Waals surface area contributed by atoms with E-state index in [-0.39, 0.29) is 6.79 Å². The third-order valence-corrected chi connectivity index (χ3v) is 2.45. The van der Waals surface area contributed by atoms with E-state index < -0.39 is 18.5 Å². The van der Waals surface area contributed by atoms with Gasteiger partial charge in [-0.25, -0.2) is 0 Å². The van der Waals surface area contributed by atoms with E-state index in [4.69, 9.17) is 19.3 Å². The Hall–Kier alpha value is -1.95. The first-order chi connectivity index (χ1) is 8.11. The van der Waals surface area contributed by atoms with Crippen LogP contribution in [0.15, 0.2) is 12.1 Å². The Balaban J connectivity index is 2.35. The van der Waals surface area contributed by atoms with E-state index in [1.54, 1.807) is 6.07 Å². The van der Waals surface area contributed by atoms with Gasteiger partial charge in [-0.1, -0.05) is 0 Å². The van der Waals surface area contributed by atoms with E-state index in [2.05, 4.69) is 0 Å². The summed E-state index contributed by atoms with van der Waals surface area (Å²) in [6.45, 7) is 0.108. The van der Waals surface area contributed by atoms with Crippen LogP contribution < -0.4 is 14.2 Å². The summed E-state index contributed by atoms with van der Waals surface area (Å²) in [6, 6.07) is 3.11. The zero-order valence-electron chi connectivity index (χ0n) is 9.17. The summed E-state index contributed by atoms with van der Waals surface area (Å²) in [6.07, 6.45) is -1.53. The summed E-state index contributed by atoms with van der Waals surface area (Å²) in [5.41, 5.74) is 0.374. The van der Waals surface area contributed by atoms with Gasteiger partial charge in [-0.05, 0) is 6.07 Å². The number of fused-ring (bicyclic) bond motifs is 1. The van der Waals surface area contributed by atoms with Crippen molar-refractivity contribution in [1.29, 1.82) is 0 Å². The topological polar surface area (TPSA) is 85.2 Å². The SMILES string of the molecule is COc1cc2c(cc1[C@@H](O)CC(=O)O)OCO2. The van der Waals surface area contributed by atoms with Gasteiger partial charge in [0.25, 0.3) is 0 Å². The van der Waals surface area contributed by atoms with Gasteiger partial charge in [0.1, 0.15) is 5.75 Å². The summed E-state index contributed by atoms with van der Waals surface area (Å²) < 4.78 is 15.4. The molecule has 1 aliphatic rings. The lowest BCUT2D eigenvalue weighted by atomic mass is 10.0. The fraction of sp³-hybridized carbons (Fsp3) is 0.364. The van der Waals surface area contributed by atoms with Gasteiger partial charge in [-0.3, -0.25) is 4.79 Å². The largest absolute Gasteiger partial charge is 0.496 e. The van der Waals surface area contributed by atoms with E-state index in [1.165, 1.54) is 13.2 Å². The molecule has 0 aromatic heterocycles. The average molecular weight is 240 g/mol. The number of carboxylic acids is 1. The van der Waals surface area contributed by atoms with Crippen molar-refractivity contribution >= 4 is 5.97 Å². The molecule has 0 saturated carbocycles. The predicted octanol–water partition coefficient (Wildman–Crippen LogP) is 0.932. The number of ether oxygens (including phenoxy) is 3. The smallest absolute Gasteiger partial charge is 0.306 e.